The fourth-order valence-electron chi connectivity index (χ4n) is 1.75. The van der Waals surface area contributed by atoms with Crippen molar-refractivity contribution in [1.29, 1.82) is 0 Å². The van der Waals surface area contributed by atoms with Crippen LogP contribution in [0.2, 0.25) is 0 Å². The maximum atomic E-state index is 12.6. The van der Waals surface area contributed by atoms with E-state index < -0.39 is 5.54 Å². The van der Waals surface area contributed by atoms with Gasteiger partial charge in [0.25, 0.3) is 0 Å². The summed E-state index contributed by atoms with van der Waals surface area (Å²) in [5, 5.41) is 2.77. The van der Waals surface area contributed by atoms with E-state index in [1.54, 1.807) is 12.1 Å². The minimum atomic E-state index is -0.667. The van der Waals surface area contributed by atoms with Crippen molar-refractivity contribution in [2.45, 2.75) is 31.3 Å². The molecular formula is C12H15FN2O. The van der Waals surface area contributed by atoms with Crippen molar-refractivity contribution >= 4 is 5.91 Å². The van der Waals surface area contributed by atoms with E-state index in [2.05, 4.69) is 5.32 Å². The van der Waals surface area contributed by atoms with Crippen molar-refractivity contribution in [2.24, 2.45) is 5.73 Å². The molecule has 1 aromatic carbocycles. The van der Waals surface area contributed by atoms with E-state index in [0.29, 0.717) is 6.54 Å². The molecular weight excluding hydrogens is 207 g/mol. The minimum Gasteiger partial charge on any atom is -0.350 e. The number of hydrogen-bond donors (Lipinski definition) is 2. The van der Waals surface area contributed by atoms with Crippen LogP contribution >= 0.6 is 0 Å². The molecule has 16 heavy (non-hydrogen) atoms. The molecule has 86 valence electrons. The molecule has 0 bridgehead atoms. The van der Waals surface area contributed by atoms with E-state index >= 15 is 0 Å². The summed E-state index contributed by atoms with van der Waals surface area (Å²) in [6.07, 6.45) is 2.52. The Hall–Kier alpha value is -1.42. The fourth-order valence-corrected chi connectivity index (χ4v) is 1.75. The Labute approximate surface area is 93.8 Å². The Balaban J connectivity index is 1.87. The lowest BCUT2D eigenvalue weighted by Crippen LogP contribution is -2.58. The van der Waals surface area contributed by atoms with Gasteiger partial charge in [-0.25, -0.2) is 4.39 Å². The van der Waals surface area contributed by atoms with E-state index in [1.807, 2.05) is 0 Å². The number of carbonyl (C=O) groups is 1. The number of halogens is 1. The zero-order valence-electron chi connectivity index (χ0n) is 9.00. The molecule has 4 heteroatoms. The molecule has 0 heterocycles. The topological polar surface area (TPSA) is 55.1 Å². The normalized spacial score (nSPS) is 17.6. The maximum absolute atomic E-state index is 12.6. The van der Waals surface area contributed by atoms with Crippen LogP contribution in [0.4, 0.5) is 4.39 Å². The van der Waals surface area contributed by atoms with Gasteiger partial charge in [-0.2, -0.15) is 0 Å². The average molecular weight is 222 g/mol. The van der Waals surface area contributed by atoms with E-state index in [1.165, 1.54) is 12.1 Å². The summed E-state index contributed by atoms with van der Waals surface area (Å²) in [6.45, 7) is 0.401. The Morgan fingerprint density at radius 1 is 1.38 bits per heavy atom. The standard InChI is InChI=1S/C12H15FN2O/c13-10-4-2-9(3-5-10)8-15-11(16)12(14)6-1-7-12/h2-5H,1,6-8,14H2,(H,15,16). The summed E-state index contributed by atoms with van der Waals surface area (Å²) in [6, 6.07) is 6.06. The Morgan fingerprint density at radius 2 is 2.00 bits per heavy atom. The Kier molecular flexibility index (Phi) is 2.92. The number of benzene rings is 1. The SMILES string of the molecule is NC1(C(=O)NCc2ccc(F)cc2)CCC1. The van der Waals surface area contributed by atoms with Crippen LogP contribution in [0.15, 0.2) is 24.3 Å². The Morgan fingerprint density at radius 3 is 2.50 bits per heavy atom. The second kappa shape index (κ2) is 4.22. The summed E-state index contributed by atoms with van der Waals surface area (Å²) in [4.78, 5) is 11.7. The number of rotatable bonds is 3. The second-order valence-corrected chi connectivity index (χ2v) is 4.32. The molecule has 2 rings (SSSR count). The summed E-state index contributed by atoms with van der Waals surface area (Å²) in [7, 11) is 0. The first-order chi connectivity index (χ1) is 7.60. The molecule has 3 nitrogen and oxygen atoms in total. The lowest BCUT2D eigenvalue weighted by atomic mass is 9.77. The number of nitrogens with one attached hydrogen (secondary N) is 1. The third-order valence-corrected chi connectivity index (χ3v) is 3.06. The van der Waals surface area contributed by atoms with Gasteiger partial charge in [0.2, 0.25) is 5.91 Å². The highest BCUT2D eigenvalue weighted by molar-refractivity contribution is 5.86. The van der Waals surface area contributed by atoms with Gasteiger partial charge in [0.05, 0.1) is 5.54 Å². The second-order valence-electron chi connectivity index (χ2n) is 4.32. The average Bonchev–Trinajstić information content (AvgIpc) is 2.24. The molecule has 0 atom stereocenters. The van der Waals surface area contributed by atoms with E-state index in [4.69, 9.17) is 5.73 Å². The molecule has 3 N–H and O–H groups in total. The molecule has 1 amide bonds. The van der Waals surface area contributed by atoms with Crippen LogP contribution < -0.4 is 11.1 Å². The van der Waals surface area contributed by atoms with Crippen molar-refractivity contribution in [3.63, 3.8) is 0 Å². The number of amides is 1. The van der Waals surface area contributed by atoms with Gasteiger partial charge in [0, 0.05) is 6.54 Å². The fraction of sp³-hybridized carbons (Fsp3) is 0.417. The summed E-state index contributed by atoms with van der Waals surface area (Å²) in [5.74, 6) is -0.382. The molecule has 1 fully saturated rings. The zero-order valence-corrected chi connectivity index (χ0v) is 9.00. The van der Waals surface area contributed by atoms with Crippen LogP contribution in [0.1, 0.15) is 24.8 Å². The summed E-state index contributed by atoms with van der Waals surface area (Å²) >= 11 is 0. The highest BCUT2D eigenvalue weighted by Gasteiger charge is 2.39. The zero-order chi connectivity index (χ0) is 11.6. The predicted octanol–water partition coefficient (Wildman–Crippen LogP) is 1.32. The third kappa shape index (κ3) is 2.22. The summed E-state index contributed by atoms with van der Waals surface area (Å²) < 4.78 is 12.6. The van der Waals surface area contributed by atoms with Gasteiger partial charge < -0.3 is 11.1 Å². The molecule has 1 aromatic rings. The van der Waals surface area contributed by atoms with Crippen molar-refractivity contribution in [3.8, 4) is 0 Å². The minimum absolute atomic E-state index is 0.108. The highest BCUT2D eigenvalue weighted by atomic mass is 19.1. The molecule has 1 aliphatic rings. The Bertz CT molecular complexity index is 385. The molecule has 1 aliphatic carbocycles. The van der Waals surface area contributed by atoms with E-state index in [9.17, 15) is 9.18 Å². The van der Waals surface area contributed by atoms with Crippen molar-refractivity contribution in [3.05, 3.63) is 35.6 Å². The molecule has 0 unspecified atom stereocenters. The quantitative estimate of drug-likeness (QED) is 0.810. The van der Waals surface area contributed by atoms with Gasteiger partial charge in [-0.3, -0.25) is 4.79 Å². The molecule has 0 aliphatic heterocycles. The van der Waals surface area contributed by atoms with Crippen molar-refractivity contribution in [1.82, 2.24) is 5.32 Å². The first kappa shape index (κ1) is 11.1. The lowest BCUT2D eigenvalue weighted by Gasteiger charge is -2.36. The summed E-state index contributed by atoms with van der Waals surface area (Å²) in [5.41, 5.74) is 6.07. The highest BCUT2D eigenvalue weighted by Crippen LogP contribution is 2.29. The van der Waals surface area contributed by atoms with Crippen LogP contribution in [-0.2, 0) is 11.3 Å². The van der Waals surface area contributed by atoms with Gasteiger partial charge in [-0.1, -0.05) is 12.1 Å². The van der Waals surface area contributed by atoms with Crippen LogP contribution in [0.3, 0.4) is 0 Å². The van der Waals surface area contributed by atoms with Crippen molar-refractivity contribution in [2.75, 3.05) is 0 Å². The lowest BCUT2D eigenvalue weighted by molar-refractivity contribution is -0.129. The first-order valence-corrected chi connectivity index (χ1v) is 5.42. The monoisotopic (exact) mass is 222 g/mol. The maximum Gasteiger partial charge on any atom is 0.240 e. The van der Waals surface area contributed by atoms with Crippen LogP contribution in [0.25, 0.3) is 0 Å². The molecule has 0 radical (unpaired) electrons. The predicted molar refractivity (Wildman–Crippen MR) is 59.0 cm³/mol. The molecule has 1 saturated carbocycles. The van der Waals surface area contributed by atoms with Crippen LogP contribution in [-0.4, -0.2) is 11.4 Å². The van der Waals surface area contributed by atoms with E-state index in [0.717, 1.165) is 24.8 Å². The largest absolute Gasteiger partial charge is 0.350 e. The molecule has 0 saturated heterocycles. The number of nitrogens with two attached hydrogens (primary N) is 1. The van der Waals surface area contributed by atoms with Gasteiger partial charge >= 0.3 is 0 Å². The van der Waals surface area contributed by atoms with Crippen LogP contribution in [0, 0.1) is 5.82 Å². The van der Waals surface area contributed by atoms with Crippen LogP contribution in [0.5, 0.6) is 0 Å². The van der Waals surface area contributed by atoms with Gasteiger partial charge in [-0.15, -0.1) is 0 Å². The van der Waals surface area contributed by atoms with Crippen molar-refractivity contribution < 1.29 is 9.18 Å². The smallest absolute Gasteiger partial charge is 0.240 e. The molecule has 0 aromatic heterocycles. The van der Waals surface area contributed by atoms with Gasteiger partial charge in [0.1, 0.15) is 5.82 Å². The van der Waals surface area contributed by atoms with E-state index in [-0.39, 0.29) is 11.7 Å². The first-order valence-electron chi connectivity index (χ1n) is 5.42. The third-order valence-electron chi connectivity index (χ3n) is 3.06. The number of carbonyl (C=O) groups excluding carboxylic acids is 1. The molecule has 0 spiro atoms. The van der Waals surface area contributed by atoms with Gasteiger partial charge in [0.15, 0.2) is 0 Å². The van der Waals surface area contributed by atoms with Gasteiger partial charge in [-0.05, 0) is 37.0 Å². The number of hydrogen-bond acceptors (Lipinski definition) is 2.